The van der Waals surface area contributed by atoms with Gasteiger partial charge in [-0.05, 0) is 17.7 Å². The molecule has 6 heteroatoms. The molecule has 0 radical (unpaired) electrons. The van der Waals surface area contributed by atoms with E-state index in [1.807, 2.05) is 0 Å². The highest BCUT2D eigenvalue weighted by Crippen LogP contribution is 2.32. The molecule has 0 aliphatic heterocycles. The van der Waals surface area contributed by atoms with Crippen LogP contribution >= 0.6 is 15.9 Å². The first-order valence-electron chi connectivity index (χ1n) is 4.34. The van der Waals surface area contributed by atoms with Crippen LogP contribution in [-0.2, 0) is 4.79 Å². The summed E-state index contributed by atoms with van der Waals surface area (Å²) in [6.07, 6.45) is -5.86. The smallest absolute Gasteiger partial charge is 0.390 e. The third-order valence-corrected chi connectivity index (χ3v) is 2.48. The van der Waals surface area contributed by atoms with Crippen molar-refractivity contribution in [2.24, 2.45) is 0 Å². The fourth-order valence-electron chi connectivity index (χ4n) is 1.30. The Morgan fingerprint density at radius 2 is 2.06 bits per heavy atom. The molecule has 0 saturated heterocycles. The Morgan fingerprint density at radius 3 is 2.50 bits per heavy atom. The lowest BCUT2D eigenvalue weighted by Crippen LogP contribution is -2.20. The highest BCUT2D eigenvalue weighted by molar-refractivity contribution is 9.10. The Morgan fingerprint density at radius 1 is 1.44 bits per heavy atom. The molecule has 0 fully saturated rings. The summed E-state index contributed by atoms with van der Waals surface area (Å²) in [6, 6.07) is 5.88. The topological polar surface area (TPSA) is 37.3 Å². The van der Waals surface area contributed by atoms with Crippen molar-refractivity contribution in [3.8, 4) is 0 Å². The van der Waals surface area contributed by atoms with Crippen LogP contribution < -0.4 is 0 Å². The number of carboxylic acid groups (broad SMARTS) is 1. The minimum Gasteiger partial charge on any atom is -0.481 e. The second kappa shape index (κ2) is 4.86. The number of benzene rings is 1. The fraction of sp³-hybridized carbons (Fsp3) is 0.300. The molecule has 2 nitrogen and oxygen atoms in total. The molecule has 0 saturated carbocycles. The van der Waals surface area contributed by atoms with Gasteiger partial charge in [0.2, 0.25) is 0 Å². The molecular formula is C10H8BrF3O2. The van der Waals surface area contributed by atoms with Crippen molar-refractivity contribution >= 4 is 21.9 Å². The predicted molar refractivity (Wildman–Crippen MR) is 55.2 cm³/mol. The quantitative estimate of drug-likeness (QED) is 0.926. The number of halogens is 4. The first-order chi connectivity index (χ1) is 7.29. The average molecular weight is 297 g/mol. The lowest BCUT2D eigenvalue weighted by atomic mass is 9.96. The van der Waals surface area contributed by atoms with Gasteiger partial charge < -0.3 is 5.11 Å². The molecule has 16 heavy (non-hydrogen) atoms. The predicted octanol–water partition coefficient (Wildman–Crippen LogP) is 3.57. The van der Waals surface area contributed by atoms with Gasteiger partial charge in [-0.2, -0.15) is 13.2 Å². The van der Waals surface area contributed by atoms with E-state index in [9.17, 15) is 18.0 Å². The molecule has 0 aliphatic carbocycles. The maximum absolute atomic E-state index is 12.2. The Labute approximate surface area is 98.2 Å². The molecule has 0 amide bonds. The van der Waals surface area contributed by atoms with E-state index < -0.39 is 24.5 Å². The third kappa shape index (κ3) is 3.84. The lowest BCUT2D eigenvalue weighted by Gasteiger charge is -2.15. The Balaban J connectivity index is 2.99. The van der Waals surface area contributed by atoms with Crippen molar-refractivity contribution < 1.29 is 23.1 Å². The second-order valence-corrected chi connectivity index (χ2v) is 4.18. The molecule has 1 aromatic carbocycles. The van der Waals surface area contributed by atoms with Crippen LogP contribution in [0.2, 0.25) is 0 Å². The second-order valence-electron chi connectivity index (χ2n) is 3.27. The maximum atomic E-state index is 12.2. The van der Waals surface area contributed by atoms with Crippen molar-refractivity contribution in [2.75, 3.05) is 0 Å². The molecule has 0 aliphatic rings. The van der Waals surface area contributed by atoms with Crippen LogP contribution in [0.15, 0.2) is 28.7 Å². The molecule has 1 atom stereocenters. The van der Waals surface area contributed by atoms with Crippen LogP contribution in [-0.4, -0.2) is 17.3 Å². The molecule has 0 aromatic heterocycles. The van der Waals surface area contributed by atoms with Gasteiger partial charge in [0, 0.05) is 4.47 Å². The Kier molecular flexibility index (Phi) is 3.96. The fourth-order valence-corrected chi connectivity index (χ4v) is 1.72. The van der Waals surface area contributed by atoms with Gasteiger partial charge >= 0.3 is 12.1 Å². The van der Waals surface area contributed by atoms with Crippen molar-refractivity contribution in [1.29, 1.82) is 0 Å². The zero-order chi connectivity index (χ0) is 12.3. The molecular weight excluding hydrogens is 289 g/mol. The number of rotatable bonds is 3. The van der Waals surface area contributed by atoms with Gasteiger partial charge in [0.25, 0.3) is 0 Å². The number of aliphatic carboxylic acids is 1. The largest absolute Gasteiger partial charge is 0.481 e. The normalized spacial score (nSPS) is 13.5. The van der Waals surface area contributed by atoms with Gasteiger partial charge in [-0.3, -0.25) is 4.79 Å². The molecule has 0 spiro atoms. The van der Waals surface area contributed by atoms with Crippen molar-refractivity contribution in [3.05, 3.63) is 34.3 Å². The van der Waals surface area contributed by atoms with E-state index in [1.165, 1.54) is 18.2 Å². The van der Waals surface area contributed by atoms with Crippen LogP contribution in [0.5, 0.6) is 0 Å². The maximum Gasteiger partial charge on any atom is 0.390 e. The van der Waals surface area contributed by atoms with Gasteiger partial charge in [0.1, 0.15) is 0 Å². The summed E-state index contributed by atoms with van der Waals surface area (Å²) in [5, 5.41) is 8.77. The van der Waals surface area contributed by atoms with Crippen LogP contribution in [0.1, 0.15) is 17.9 Å². The van der Waals surface area contributed by atoms with E-state index in [0.29, 0.717) is 4.47 Å². The van der Waals surface area contributed by atoms with Crippen molar-refractivity contribution in [3.63, 3.8) is 0 Å². The van der Waals surface area contributed by atoms with Gasteiger partial charge in [-0.1, -0.05) is 28.1 Å². The number of carboxylic acids is 1. The molecule has 1 unspecified atom stereocenters. The summed E-state index contributed by atoms with van der Waals surface area (Å²) in [7, 11) is 0. The zero-order valence-corrected chi connectivity index (χ0v) is 9.55. The van der Waals surface area contributed by atoms with Crippen molar-refractivity contribution in [2.45, 2.75) is 18.5 Å². The Bertz CT molecular complexity index is 390. The first kappa shape index (κ1) is 13.0. The van der Waals surface area contributed by atoms with Gasteiger partial charge in [0.15, 0.2) is 0 Å². The van der Waals surface area contributed by atoms with E-state index in [0.717, 1.165) is 0 Å². The third-order valence-electron chi connectivity index (χ3n) is 1.98. The number of hydrogen-bond donors (Lipinski definition) is 1. The van der Waals surface area contributed by atoms with Crippen molar-refractivity contribution in [1.82, 2.24) is 0 Å². The summed E-state index contributed by atoms with van der Waals surface area (Å²) >= 11 is 3.09. The molecule has 88 valence electrons. The van der Waals surface area contributed by atoms with E-state index in [2.05, 4.69) is 15.9 Å². The summed E-state index contributed by atoms with van der Waals surface area (Å²) in [5.74, 6) is -3.03. The number of hydrogen-bond acceptors (Lipinski definition) is 1. The van der Waals surface area contributed by atoms with Crippen LogP contribution in [0, 0.1) is 0 Å². The van der Waals surface area contributed by atoms with E-state index in [4.69, 9.17) is 5.11 Å². The average Bonchev–Trinajstić information content (AvgIpc) is 2.12. The summed E-state index contributed by atoms with van der Waals surface area (Å²) in [4.78, 5) is 10.8. The molecule has 0 heterocycles. The van der Waals surface area contributed by atoms with E-state index in [-0.39, 0.29) is 5.56 Å². The number of carbonyl (C=O) groups is 1. The summed E-state index contributed by atoms with van der Waals surface area (Å²) < 4.78 is 37.1. The minimum absolute atomic E-state index is 0.138. The highest BCUT2D eigenvalue weighted by atomic mass is 79.9. The standard InChI is InChI=1S/C10H8BrF3O2/c11-7-3-1-2-6(4-7)8(9(15)16)5-10(12,13)14/h1-4,8H,5H2,(H,15,16). The van der Waals surface area contributed by atoms with Crippen LogP contribution in [0.25, 0.3) is 0 Å². The SMILES string of the molecule is O=C(O)C(CC(F)(F)F)c1cccc(Br)c1. The van der Waals surface area contributed by atoms with Gasteiger partial charge in [-0.25, -0.2) is 0 Å². The summed E-state index contributed by atoms with van der Waals surface area (Å²) in [5.41, 5.74) is 0.138. The molecule has 1 aromatic rings. The van der Waals surface area contributed by atoms with Crippen LogP contribution in [0.4, 0.5) is 13.2 Å². The molecule has 0 bridgehead atoms. The number of alkyl halides is 3. The minimum atomic E-state index is -4.49. The van der Waals surface area contributed by atoms with Gasteiger partial charge in [0.05, 0.1) is 12.3 Å². The summed E-state index contributed by atoms with van der Waals surface area (Å²) in [6.45, 7) is 0. The zero-order valence-electron chi connectivity index (χ0n) is 7.96. The Hall–Kier alpha value is -1.04. The molecule has 1 rings (SSSR count). The monoisotopic (exact) mass is 296 g/mol. The van der Waals surface area contributed by atoms with Crippen LogP contribution in [0.3, 0.4) is 0 Å². The first-order valence-corrected chi connectivity index (χ1v) is 5.14. The highest BCUT2D eigenvalue weighted by Gasteiger charge is 2.36. The lowest BCUT2D eigenvalue weighted by molar-refractivity contribution is -0.157. The van der Waals surface area contributed by atoms with E-state index >= 15 is 0 Å². The van der Waals surface area contributed by atoms with Gasteiger partial charge in [-0.15, -0.1) is 0 Å². The molecule has 1 N–H and O–H groups in total. The van der Waals surface area contributed by atoms with E-state index in [1.54, 1.807) is 6.07 Å².